The van der Waals surface area contributed by atoms with E-state index in [2.05, 4.69) is 0 Å². The van der Waals surface area contributed by atoms with Crippen LogP contribution in [0.1, 0.15) is 26.7 Å². The number of carbonyl (C=O) groups excluding carboxylic acids is 1. The molecule has 0 bridgehead atoms. The molecule has 0 amide bonds. The van der Waals surface area contributed by atoms with Crippen LogP contribution in [-0.2, 0) is 9.53 Å². The molecule has 1 N–H and O–H groups in total. The van der Waals surface area contributed by atoms with Crippen LogP contribution in [-0.4, -0.2) is 18.6 Å². The van der Waals surface area contributed by atoms with Crippen molar-refractivity contribution >= 4 is 5.97 Å². The average molecular weight is 144 g/mol. The van der Waals surface area contributed by atoms with Gasteiger partial charge in [0.1, 0.15) is 0 Å². The molecule has 0 saturated heterocycles. The second-order valence-electron chi connectivity index (χ2n) is 2.39. The van der Waals surface area contributed by atoms with Gasteiger partial charge in [0.15, 0.2) is 0 Å². The van der Waals surface area contributed by atoms with Crippen LogP contribution in [0.25, 0.3) is 0 Å². The van der Waals surface area contributed by atoms with Crippen LogP contribution in [0.15, 0.2) is 0 Å². The first kappa shape index (κ1) is 9.43. The molecule has 10 heavy (non-hydrogen) atoms. The fourth-order valence-corrected chi connectivity index (χ4v) is 0.555. The van der Waals surface area contributed by atoms with Crippen molar-refractivity contribution in [2.75, 3.05) is 6.54 Å². The van der Waals surface area contributed by atoms with Gasteiger partial charge in [-0.25, -0.2) is 0 Å². The minimum atomic E-state index is -0.192. The Kier molecular flexibility index (Phi) is 4.94. The number of carbonyl (C=O) groups is 1. The molecule has 0 unspecified atom stereocenters. The smallest absolute Gasteiger partial charge is 0.306 e. The number of hydrogen-bond acceptors (Lipinski definition) is 2. The van der Waals surface area contributed by atoms with Gasteiger partial charge in [-0.1, -0.05) is 0 Å². The molecule has 0 fully saturated rings. The molecule has 0 aliphatic carbocycles. The van der Waals surface area contributed by atoms with Crippen LogP contribution < -0.4 is 5.73 Å². The predicted molar refractivity (Wildman–Crippen MR) is 38.4 cm³/mol. The van der Waals surface area contributed by atoms with E-state index in [-0.39, 0.29) is 12.1 Å². The summed E-state index contributed by atoms with van der Waals surface area (Å²) in [4.78, 5) is 10.7. The molecule has 0 aromatic rings. The summed E-state index contributed by atoms with van der Waals surface area (Å²) in [6.07, 6.45) is 0.950. The van der Waals surface area contributed by atoms with Crippen LogP contribution in [0.2, 0.25) is 0 Å². The first-order valence-electron chi connectivity index (χ1n) is 3.51. The molecule has 0 heterocycles. The maximum Gasteiger partial charge on any atom is 0.306 e. The standard InChI is InChI=1S/C7H14NO2/c1-6(2)10-7(9)4-3-5-8/h6,8H,3-5H2,1-2H3. The Morgan fingerprint density at radius 3 is 2.60 bits per heavy atom. The monoisotopic (exact) mass is 144 g/mol. The molecule has 59 valence electrons. The molecule has 0 aromatic carbocycles. The molecule has 0 rings (SSSR count). The maximum absolute atomic E-state index is 10.7. The van der Waals surface area contributed by atoms with Gasteiger partial charge in [-0.2, -0.15) is 0 Å². The van der Waals surface area contributed by atoms with Crippen molar-refractivity contribution < 1.29 is 9.53 Å². The Balaban J connectivity index is 3.26. The lowest BCUT2D eigenvalue weighted by molar-refractivity contribution is -0.147. The summed E-state index contributed by atoms with van der Waals surface area (Å²) in [5, 5.41) is 0. The minimum Gasteiger partial charge on any atom is -0.463 e. The average Bonchev–Trinajstić information content (AvgIpc) is 1.82. The summed E-state index contributed by atoms with van der Waals surface area (Å²) in [6, 6.07) is 0. The highest BCUT2D eigenvalue weighted by Gasteiger charge is 2.02. The Labute approximate surface area is 61.5 Å². The largest absolute Gasteiger partial charge is 0.463 e. The van der Waals surface area contributed by atoms with Gasteiger partial charge in [-0.15, -0.1) is 0 Å². The molecule has 0 aromatic heterocycles. The summed E-state index contributed by atoms with van der Waals surface area (Å²) >= 11 is 0. The lowest BCUT2D eigenvalue weighted by Crippen LogP contribution is -2.11. The van der Waals surface area contributed by atoms with Crippen LogP contribution in [0.5, 0.6) is 0 Å². The zero-order chi connectivity index (χ0) is 7.98. The molecule has 0 spiro atoms. The molecule has 1 radical (unpaired) electrons. The topological polar surface area (TPSA) is 50.1 Å². The second kappa shape index (κ2) is 5.23. The van der Waals surface area contributed by atoms with Crippen LogP contribution in [0, 0.1) is 0 Å². The third-order valence-corrected chi connectivity index (χ3v) is 0.925. The summed E-state index contributed by atoms with van der Waals surface area (Å²) in [6.45, 7) is 3.93. The number of hydrogen-bond donors (Lipinski definition) is 0. The highest BCUT2D eigenvalue weighted by Crippen LogP contribution is 1.95. The van der Waals surface area contributed by atoms with Gasteiger partial charge in [-0.3, -0.25) is 10.5 Å². The van der Waals surface area contributed by atoms with E-state index in [0.717, 1.165) is 0 Å². The van der Waals surface area contributed by atoms with Gasteiger partial charge in [-0.05, 0) is 20.3 Å². The molecule has 3 nitrogen and oxygen atoms in total. The fraction of sp³-hybridized carbons (Fsp3) is 0.857. The molecule has 3 heteroatoms. The van der Waals surface area contributed by atoms with E-state index >= 15 is 0 Å². The van der Waals surface area contributed by atoms with E-state index in [9.17, 15) is 4.79 Å². The van der Waals surface area contributed by atoms with Crippen molar-refractivity contribution in [1.29, 1.82) is 0 Å². The third-order valence-electron chi connectivity index (χ3n) is 0.925. The van der Waals surface area contributed by atoms with Crippen molar-refractivity contribution in [3.05, 3.63) is 0 Å². The highest BCUT2D eigenvalue weighted by molar-refractivity contribution is 5.69. The molecule has 0 aliphatic heterocycles. The van der Waals surface area contributed by atoms with Crippen molar-refractivity contribution in [2.24, 2.45) is 0 Å². The SMILES string of the molecule is CC(C)OC(=O)CCC[NH]. The van der Waals surface area contributed by atoms with Crippen molar-refractivity contribution in [3.63, 3.8) is 0 Å². The number of ether oxygens (including phenoxy) is 1. The quantitative estimate of drug-likeness (QED) is 0.553. The van der Waals surface area contributed by atoms with Gasteiger partial charge in [0.2, 0.25) is 0 Å². The lowest BCUT2D eigenvalue weighted by atomic mass is 10.3. The van der Waals surface area contributed by atoms with Gasteiger partial charge in [0.05, 0.1) is 6.10 Å². The van der Waals surface area contributed by atoms with E-state index in [1.165, 1.54) is 0 Å². The molecular weight excluding hydrogens is 130 g/mol. The van der Waals surface area contributed by atoms with E-state index in [1.807, 2.05) is 13.8 Å². The normalized spacial score (nSPS) is 10.0. The van der Waals surface area contributed by atoms with Crippen molar-refractivity contribution in [2.45, 2.75) is 32.8 Å². The number of esters is 1. The Morgan fingerprint density at radius 2 is 2.20 bits per heavy atom. The number of nitrogens with one attached hydrogen (secondary N) is 1. The highest BCUT2D eigenvalue weighted by atomic mass is 16.5. The van der Waals surface area contributed by atoms with Gasteiger partial charge < -0.3 is 4.74 Å². The Bertz CT molecular complexity index is 102. The zero-order valence-corrected chi connectivity index (χ0v) is 6.52. The van der Waals surface area contributed by atoms with Gasteiger partial charge >= 0.3 is 5.97 Å². The van der Waals surface area contributed by atoms with Gasteiger partial charge in [0.25, 0.3) is 0 Å². The summed E-state index contributed by atoms with van der Waals surface area (Å²) in [5.41, 5.74) is 6.77. The van der Waals surface area contributed by atoms with E-state index in [1.54, 1.807) is 0 Å². The van der Waals surface area contributed by atoms with Crippen molar-refractivity contribution in [1.82, 2.24) is 5.73 Å². The molecular formula is C7H14NO2. The Morgan fingerprint density at radius 1 is 1.60 bits per heavy atom. The zero-order valence-electron chi connectivity index (χ0n) is 6.52. The fourth-order valence-electron chi connectivity index (χ4n) is 0.555. The first-order chi connectivity index (χ1) is 4.66. The summed E-state index contributed by atoms with van der Waals surface area (Å²) in [7, 11) is 0. The molecule has 0 saturated carbocycles. The van der Waals surface area contributed by atoms with Crippen LogP contribution in [0.4, 0.5) is 0 Å². The second-order valence-corrected chi connectivity index (χ2v) is 2.39. The van der Waals surface area contributed by atoms with Gasteiger partial charge in [0, 0.05) is 13.0 Å². The minimum absolute atomic E-state index is 0.0294. The summed E-state index contributed by atoms with van der Waals surface area (Å²) < 4.78 is 4.83. The number of rotatable bonds is 4. The van der Waals surface area contributed by atoms with Crippen LogP contribution >= 0.6 is 0 Å². The lowest BCUT2D eigenvalue weighted by Gasteiger charge is -2.06. The Hall–Kier alpha value is -0.570. The van der Waals surface area contributed by atoms with E-state index in [0.29, 0.717) is 19.4 Å². The third kappa shape index (κ3) is 5.56. The predicted octanol–water partition coefficient (Wildman–Crippen LogP) is 1.00. The maximum atomic E-state index is 10.7. The summed E-state index contributed by atoms with van der Waals surface area (Å²) in [5.74, 6) is -0.192. The first-order valence-corrected chi connectivity index (χ1v) is 3.51. The molecule has 0 aliphatic rings. The van der Waals surface area contributed by atoms with E-state index in [4.69, 9.17) is 10.5 Å². The molecule has 0 atom stereocenters. The van der Waals surface area contributed by atoms with Crippen LogP contribution in [0.3, 0.4) is 0 Å². The van der Waals surface area contributed by atoms with Crippen molar-refractivity contribution in [3.8, 4) is 0 Å². The van der Waals surface area contributed by atoms with E-state index < -0.39 is 0 Å².